The van der Waals surface area contributed by atoms with E-state index in [0.29, 0.717) is 18.0 Å². The van der Waals surface area contributed by atoms with Crippen LogP contribution in [-0.4, -0.2) is 31.0 Å². The van der Waals surface area contributed by atoms with Gasteiger partial charge in [0.05, 0.1) is 18.2 Å². The van der Waals surface area contributed by atoms with Gasteiger partial charge >= 0.3 is 0 Å². The summed E-state index contributed by atoms with van der Waals surface area (Å²) in [6, 6.07) is 36.9. The fourth-order valence-electron chi connectivity index (χ4n) is 4.59. The largest absolute Gasteiger partial charge is 0.477 e. The van der Waals surface area contributed by atoms with Crippen molar-refractivity contribution in [3.8, 4) is 5.75 Å². The lowest BCUT2D eigenvalue weighted by molar-refractivity contribution is -0.128. The maximum atomic E-state index is 14.2. The van der Waals surface area contributed by atoms with Gasteiger partial charge in [-0.2, -0.15) is 0 Å². The number of para-hydroxylation sites is 2. The van der Waals surface area contributed by atoms with Crippen LogP contribution in [0.4, 0.5) is 5.69 Å². The molecule has 0 aromatic heterocycles. The van der Waals surface area contributed by atoms with Gasteiger partial charge in [0.2, 0.25) is 5.91 Å². The van der Waals surface area contributed by atoms with Crippen molar-refractivity contribution in [3.05, 3.63) is 132 Å². The molecule has 4 aromatic carbocycles. The van der Waals surface area contributed by atoms with Crippen molar-refractivity contribution in [2.45, 2.75) is 18.4 Å². The summed E-state index contributed by atoms with van der Waals surface area (Å²) < 4.78 is 6.06. The molecule has 0 unspecified atom stereocenters. The number of benzene rings is 4. The molecule has 1 aliphatic heterocycles. The van der Waals surface area contributed by atoms with E-state index in [-0.39, 0.29) is 18.4 Å². The van der Waals surface area contributed by atoms with Crippen LogP contribution < -0.4 is 15.0 Å². The van der Waals surface area contributed by atoms with Crippen LogP contribution in [0, 0.1) is 0 Å². The van der Waals surface area contributed by atoms with Crippen molar-refractivity contribution in [2.24, 2.45) is 0 Å². The van der Waals surface area contributed by atoms with Gasteiger partial charge < -0.3 is 15.0 Å². The zero-order chi connectivity index (χ0) is 24.7. The van der Waals surface area contributed by atoms with E-state index in [1.54, 1.807) is 11.0 Å². The molecule has 1 N–H and O–H groups in total. The van der Waals surface area contributed by atoms with Gasteiger partial charge in [-0.25, -0.2) is 0 Å². The van der Waals surface area contributed by atoms with Crippen LogP contribution in [-0.2, 0) is 16.0 Å². The Balaban J connectivity index is 1.40. The Bertz CT molecular complexity index is 1270. The standard InChI is InChI=1S/C31H28N2O3/c34-30(32-21-20-23-12-4-1-5-13-23)28-22-33(26-18-10-11-19-27(26)36-28)31(35)29(24-14-6-2-7-15-24)25-16-8-3-9-17-25/h1-19,28-29H,20-22H2,(H,32,34)/t28-/m1/s1. The molecule has 0 spiro atoms. The summed E-state index contributed by atoms with van der Waals surface area (Å²) in [6.07, 6.45) is -0.0744. The fraction of sp³-hybridized carbons (Fsp3) is 0.161. The number of fused-ring (bicyclic) bond motifs is 1. The average Bonchev–Trinajstić information content (AvgIpc) is 2.94. The number of carbonyl (C=O) groups excluding carboxylic acids is 2. The number of hydrogen-bond donors (Lipinski definition) is 1. The second-order valence-corrected chi connectivity index (χ2v) is 8.80. The van der Waals surface area contributed by atoms with Crippen molar-refractivity contribution >= 4 is 17.5 Å². The molecule has 0 radical (unpaired) electrons. The normalized spacial score (nSPS) is 14.6. The maximum Gasteiger partial charge on any atom is 0.262 e. The van der Waals surface area contributed by atoms with Crippen LogP contribution in [0.25, 0.3) is 0 Å². The van der Waals surface area contributed by atoms with Gasteiger partial charge in [-0.3, -0.25) is 9.59 Å². The van der Waals surface area contributed by atoms with Gasteiger partial charge in [-0.15, -0.1) is 0 Å². The summed E-state index contributed by atoms with van der Waals surface area (Å²) in [7, 11) is 0. The van der Waals surface area contributed by atoms with Crippen molar-refractivity contribution in [3.63, 3.8) is 0 Å². The highest BCUT2D eigenvalue weighted by Gasteiger charge is 2.37. The third kappa shape index (κ3) is 5.15. The van der Waals surface area contributed by atoms with Gasteiger partial charge in [0.1, 0.15) is 5.75 Å². The minimum atomic E-state index is -0.799. The van der Waals surface area contributed by atoms with E-state index in [0.717, 1.165) is 23.1 Å². The second-order valence-electron chi connectivity index (χ2n) is 8.80. The first-order chi connectivity index (χ1) is 17.7. The number of carbonyl (C=O) groups is 2. The lowest BCUT2D eigenvalue weighted by Crippen LogP contribution is -2.52. The Morgan fingerprint density at radius 1 is 0.778 bits per heavy atom. The van der Waals surface area contributed by atoms with Gasteiger partial charge in [0.15, 0.2) is 6.10 Å². The number of nitrogens with one attached hydrogen (secondary N) is 1. The Kier molecular flexibility index (Phi) is 7.08. The predicted molar refractivity (Wildman–Crippen MR) is 141 cm³/mol. The molecule has 0 saturated carbocycles. The molecule has 5 nitrogen and oxygen atoms in total. The van der Waals surface area contributed by atoms with Gasteiger partial charge in [0.25, 0.3) is 5.91 Å². The zero-order valence-corrected chi connectivity index (χ0v) is 19.9. The monoisotopic (exact) mass is 476 g/mol. The van der Waals surface area contributed by atoms with E-state index in [9.17, 15) is 9.59 Å². The smallest absolute Gasteiger partial charge is 0.262 e. The van der Waals surface area contributed by atoms with Crippen LogP contribution in [0.2, 0.25) is 0 Å². The van der Waals surface area contributed by atoms with Crippen LogP contribution in [0.1, 0.15) is 22.6 Å². The van der Waals surface area contributed by atoms with Gasteiger partial charge in [0, 0.05) is 6.54 Å². The number of hydrogen-bond acceptors (Lipinski definition) is 3. The third-order valence-corrected chi connectivity index (χ3v) is 6.40. The molecule has 1 aliphatic rings. The molecule has 1 heterocycles. The average molecular weight is 477 g/mol. The van der Waals surface area contributed by atoms with E-state index in [4.69, 9.17) is 4.74 Å². The quantitative estimate of drug-likeness (QED) is 0.410. The van der Waals surface area contributed by atoms with Crippen molar-refractivity contribution in [1.82, 2.24) is 5.32 Å². The number of anilines is 1. The Labute approximate surface area is 211 Å². The molecule has 5 heteroatoms. The van der Waals surface area contributed by atoms with E-state index in [1.807, 2.05) is 109 Å². The molecule has 5 rings (SSSR count). The van der Waals surface area contributed by atoms with Crippen molar-refractivity contribution in [1.29, 1.82) is 0 Å². The van der Waals surface area contributed by atoms with E-state index in [2.05, 4.69) is 5.32 Å². The molecule has 0 bridgehead atoms. The molecule has 1 atom stereocenters. The summed E-state index contributed by atoms with van der Waals surface area (Å²) in [5, 5.41) is 2.98. The topological polar surface area (TPSA) is 58.6 Å². The molecular formula is C31H28N2O3. The SMILES string of the molecule is O=C(NCCc1ccccc1)[C@H]1CN(C(=O)C(c2ccccc2)c2ccccc2)c2ccccc2O1. The van der Waals surface area contributed by atoms with Crippen molar-refractivity contribution in [2.75, 3.05) is 18.0 Å². The predicted octanol–water partition coefficient (Wildman–Crippen LogP) is 4.97. The maximum absolute atomic E-state index is 14.2. The third-order valence-electron chi connectivity index (χ3n) is 6.40. The Hall–Kier alpha value is -4.38. The molecule has 4 aromatic rings. The van der Waals surface area contributed by atoms with Gasteiger partial charge in [-0.1, -0.05) is 103 Å². The van der Waals surface area contributed by atoms with Crippen LogP contribution in [0.15, 0.2) is 115 Å². The fourth-order valence-corrected chi connectivity index (χ4v) is 4.59. The molecule has 0 aliphatic carbocycles. The minimum absolute atomic E-state index is 0.0924. The summed E-state index contributed by atoms with van der Waals surface area (Å²) in [5.74, 6) is -0.292. The van der Waals surface area contributed by atoms with E-state index < -0.39 is 12.0 Å². The molecule has 180 valence electrons. The minimum Gasteiger partial charge on any atom is -0.477 e. The molecular weight excluding hydrogens is 448 g/mol. The first kappa shape index (κ1) is 23.4. The number of rotatable bonds is 7. The highest BCUT2D eigenvalue weighted by Crippen LogP contribution is 2.37. The van der Waals surface area contributed by atoms with Gasteiger partial charge in [-0.05, 0) is 35.2 Å². The molecule has 0 fully saturated rings. The van der Waals surface area contributed by atoms with E-state index in [1.165, 1.54) is 0 Å². The van der Waals surface area contributed by atoms with Crippen LogP contribution in [0.5, 0.6) is 5.75 Å². The Morgan fingerprint density at radius 3 is 1.97 bits per heavy atom. The first-order valence-corrected chi connectivity index (χ1v) is 12.2. The number of amides is 2. The van der Waals surface area contributed by atoms with E-state index >= 15 is 0 Å². The van der Waals surface area contributed by atoms with Crippen LogP contribution in [0.3, 0.4) is 0 Å². The lowest BCUT2D eigenvalue weighted by atomic mass is 9.89. The summed E-state index contributed by atoms with van der Waals surface area (Å²) in [6.45, 7) is 0.637. The summed E-state index contributed by atoms with van der Waals surface area (Å²) >= 11 is 0. The summed E-state index contributed by atoms with van der Waals surface area (Å²) in [4.78, 5) is 29.0. The van der Waals surface area contributed by atoms with Crippen LogP contribution >= 0.6 is 0 Å². The lowest BCUT2D eigenvalue weighted by Gasteiger charge is -2.36. The summed E-state index contributed by atoms with van der Waals surface area (Å²) in [5.41, 5.74) is 3.63. The molecule has 0 saturated heterocycles. The number of nitrogens with zero attached hydrogens (tertiary/aromatic N) is 1. The molecule has 2 amide bonds. The highest BCUT2D eigenvalue weighted by atomic mass is 16.5. The highest BCUT2D eigenvalue weighted by molar-refractivity contribution is 6.02. The first-order valence-electron chi connectivity index (χ1n) is 12.2. The number of ether oxygens (including phenoxy) is 1. The zero-order valence-electron chi connectivity index (χ0n) is 19.9. The van der Waals surface area contributed by atoms with Crippen molar-refractivity contribution < 1.29 is 14.3 Å². The Morgan fingerprint density at radius 2 is 1.33 bits per heavy atom. The second kappa shape index (κ2) is 10.9. The molecule has 36 heavy (non-hydrogen) atoms.